The van der Waals surface area contributed by atoms with E-state index in [2.05, 4.69) is 11.4 Å². The molecule has 0 saturated carbocycles. The first-order valence-electron chi connectivity index (χ1n) is 4.24. The minimum absolute atomic E-state index is 0.282. The Kier molecular flexibility index (Phi) is 4.24. The number of hydrogen-bond donors (Lipinski definition) is 2. The van der Waals surface area contributed by atoms with Crippen LogP contribution in [-0.4, -0.2) is 18.3 Å². The third-order valence-electron chi connectivity index (χ3n) is 1.63. The molecule has 65 valence electrons. The molecule has 1 aromatic rings. The maximum Gasteiger partial charge on any atom is 0.0431 e. The van der Waals surface area contributed by atoms with Crippen LogP contribution in [0.4, 0.5) is 5.69 Å². The molecule has 12 heavy (non-hydrogen) atoms. The van der Waals surface area contributed by atoms with Gasteiger partial charge in [0.15, 0.2) is 0 Å². The molecule has 2 N–H and O–H groups in total. The van der Waals surface area contributed by atoms with Crippen molar-refractivity contribution in [2.24, 2.45) is 0 Å². The number of anilines is 1. The Bertz CT molecular complexity index is 198. The van der Waals surface area contributed by atoms with Crippen LogP contribution in [0.15, 0.2) is 24.3 Å². The van der Waals surface area contributed by atoms with Crippen LogP contribution in [-0.2, 0) is 0 Å². The van der Waals surface area contributed by atoms with Crippen molar-refractivity contribution in [3.05, 3.63) is 30.3 Å². The summed E-state index contributed by atoms with van der Waals surface area (Å²) < 4.78 is 0. The molecule has 0 atom stereocenters. The smallest absolute Gasteiger partial charge is 0.0431 e. The van der Waals surface area contributed by atoms with E-state index in [0.29, 0.717) is 0 Å². The summed E-state index contributed by atoms with van der Waals surface area (Å²) in [6.07, 6.45) is 1.88. The Hall–Kier alpha value is -1.02. The summed E-state index contributed by atoms with van der Waals surface area (Å²) in [5.74, 6) is 0. The third-order valence-corrected chi connectivity index (χ3v) is 1.63. The van der Waals surface area contributed by atoms with Crippen LogP contribution in [0.1, 0.15) is 12.8 Å². The molecule has 0 aromatic heterocycles. The highest BCUT2D eigenvalue weighted by molar-refractivity contribution is 5.41. The lowest BCUT2D eigenvalue weighted by atomic mass is 10.3. The monoisotopic (exact) mass is 164 g/mol. The van der Waals surface area contributed by atoms with Crippen molar-refractivity contribution >= 4 is 5.69 Å². The molecule has 0 aliphatic carbocycles. The van der Waals surface area contributed by atoms with E-state index in [9.17, 15) is 0 Å². The summed E-state index contributed by atoms with van der Waals surface area (Å²) in [5, 5.41) is 11.8. The number of benzene rings is 1. The molecule has 0 spiro atoms. The number of nitrogens with one attached hydrogen (secondary N) is 1. The van der Waals surface area contributed by atoms with Gasteiger partial charge >= 0.3 is 0 Å². The van der Waals surface area contributed by atoms with Gasteiger partial charge in [-0.2, -0.15) is 0 Å². The van der Waals surface area contributed by atoms with Gasteiger partial charge in [0.2, 0.25) is 0 Å². The lowest BCUT2D eigenvalue weighted by Gasteiger charge is -2.03. The second-order valence-electron chi connectivity index (χ2n) is 2.65. The number of aliphatic hydroxyl groups is 1. The predicted octanol–water partition coefficient (Wildman–Crippen LogP) is 1.67. The summed E-state index contributed by atoms with van der Waals surface area (Å²) >= 11 is 0. The lowest BCUT2D eigenvalue weighted by Crippen LogP contribution is -2.01. The van der Waals surface area contributed by atoms with E-state index in [1.54, 1.807) is 0 Å². The number of hydrogen-bond acceptors (Lipinski definition) is 2. The van der Waals surface area contributed by atoms with Gasteiger partial charge in [-0.3, -0.25) is 0 Å². The highest BCUT2D eigenvalue weighted by atomic mass is 16.2. The Morgan fingerprint density at radius 3 is 2.67 bits per heavy atom. The first-order valence-corrected chi connectivity index (χ1v) is 4.24. The summed E-state index contributed by atoms with van der Waals surface area (Å²) in [7, 11) is 0. The zero-order valence-electron chi connectivity index (χ0n) is 7.09. The fraction of sp³-hybridized carbons (Fsp3) is 0.400. The van der Waals surface area contributed by atoms with Crippen LogP contribution in [0.25, 0.3) is 0 Å². The summed E-state index contributed by atoms with van der Waals surface area (Å²) in [4.78, 5) is 0. The van der Waals surface area contributed by atoms with Crippen LogP contribution in [0.5, 0.6) is 0 Å². The van der Waals surface area contributed by atoms with Crippen LogP contribution in [0, 0.1) is 6.07 Å². The van der Waals surface area contributed by atoms with E-state index in [1.165, 1.54) is 0 Å². The van der Waals surface area contributed by atoms with Crippen LogP contribution in [0.2, 0.25) is 0 Å². The molecule has 1 rings (SSSR count). The van der Waals surface area contributed by atoms with Crippen molar-refractivity contribution in [2.45, 2.75) is 12.8 Å². The van der Waals surface area contributed by atoms with Crippen molar-refractivity contribution in [3.63, 3.8) is 0 Å². The van der Waals surface area contributed by atoms with Gasteiger partial charge in [-0.15, -0.1) is 0 Å². The topological polar surface area (TPSA) is 32.3 Å². The third kappa shape index (κ3) is 3.39. The largest absolute Gasteiger partial charge is 0.396 e. The Labute approximate surface area is 73.2 Å². The van der Waals surface area contributed by atoms with Crippen molar-refractivity contribution < 1.29 is 5.11 Å². The SMILES string of the molecule is OCCCCNc1cc[c]cc1. The second-order valence-corrected chi connectivity index (χ2v) is 2.65. The van der Waals surface area contributed by atoms with E-state index in [1.807, 2.05) is 24.3 Å². The van der Waals surface area contributed by atoms with Gasteiger partial charge in [0.05, 0.1) is 0 Å². The highest BCUT2D eigenvalue weighted by Gasteiger charge is 1.88. The minimum atomic E-state index is 0.282. The molecule has 0 heterocycles. The van der Waals surface area contributed by atoms with Gasteiger partial charge in [-0.05, 0) is 31.0 Å². The maximum atomic E-state index is 8.53. The van der Waals surface area contributed by atoms with Gasteiger partial charge in [0.25, 0.3) is 0 Å². The van der Waals surface area contributed by atoms with Crippen molar-refractivity contribution in [1.29, 1.82) is 0 Å². The zero-order chi connectivity index (χ0) is 8.65. The first-order chi connectivity index (χ1) is 5.93. The average molecular weight is 164 g/mol. The first kappa shape index (κ1) is 9.07. The standard InChI is InChI=1S/C10H14NO/c12-9-5-4-8-11-10-6-2-1-3-7-10/h2-3,6-7,11-12H,4-5,8-9H2. The zero-order valence-corrected chi connectivity index (χ0v) is 7.09. The quantitative estimate of drug-likeness (QED) is 0.649. The molecular formula is C10H14NO. The molecule has 0 saturated heterocycles. The molecule has 2 nitrogen and oxygen atoms in total. The van der Waals surface area contributed by atoms with Gasteiger partial charge in [0, 0.05) is 18.8 Å². The average Bonchev–Trinajstić information content (AvgIpc) is 2.14. The Morgan fingerprint density at radius 2 is 2.00 bits per heavy atom. The van der Waals surface area contributed by atoms with E-state index in [-0.39, 0.29) is 6.61 Å². The van der Waals surface area contributed by atoms with Gasteiger partial charge < -0.3 is 10.4 Å². The molecule has 0 aliphatic rings. The van der Waals surface area contributed by atoms with Gasteiger partial charge in [-0.1, -0.05) is 12.1 Å². The Balaban J connectivity index is 2.16. The second kappa shape index (κ2) is 5.61. The fourth-order valence-corrected chi connectivity index (χ4v) is 0.974. The fourth-order valence-electron chi connectivity index (χ4n) is 0.974. The molecule has 0 bridgehead atoms. The lowest BCUT2D eigenvalue weighted by molar-refractivity contribution is 0.286. The number of aliphatic hydroxyl groups excluding tert-OH is 1. The van der Waals surface area contributed by atoms with E-state index < -0.39 is 0 Å². The minimum Gasteiger partial charge on any atom is -0.396 e. The van der Waals surface area contributed by atoms with Gasteiger partial charge in [-0.25, -0.2) is 0 Å². The van der Waals surface area contributed by atoms with E-state index in [4.69, 9.17) is 5.11 Å². The van der Waals surface area contributed by atoms with Crippen LogP contribution >= 0.6 is 0 Å². The van der Waals surface area contributed by atoms with Crippen molar-refractivity contribution in [2.75, 3.05) is 18.5 Å². The molecule has 2 heteroatoms. The molecule has 0 amide bonds. The summed E-state index contributed by atoms with van der Waals surface area (Å²) in [6, 6.07) is 10.7. The molecule has 0 unspecified atom stereocenters. The normalized spacial score (nSPS) is 9.75. The van der Waals surface area contributed by atoms with Crippen LogP contribution in [0.3, 0.4) is 0 Å². The van der Waals surface area contributed by atoms with Crippen LogP contribution < -0.4 is 5.32 Å². The van der Waals surface area contributed by atoms with E-state index in [0.717, 1.165) is 25.1 Å². The molecular weight excluding hydrogens is 150 g/mol. The predicted molar refractivity (Wildman–Crippen MR) is 50.1 cm³/mol. The van der Waals surface area contributed by atoms with Gasteiger partial charge in [0.1, 0.15) is 0 Å². The Morgan fingerprint density at radius 1 is 1.25 bits per heavy atom. The number of rotatable bonds is 5. The summed E-state index contributed by atoms with van der Waals surface area (Å²) in [6.45, 7) is 1.20. The molecule has 1 aromatic carbocycles. The summed E-state index contributed by atoms with van der Waals surface area (Å²) in [5.41, 5.74) is 1.12. The number of unbranched alkanes of at least 4 members (excludes halogenated alkanes) is 1. The van der Waals surface area contributed by atoms with Crippen molar-refractivity contribution in [1.82, 2.24) is 0 Å². The van der Waals surface area contributed by atoms with Crippen molar-refractivity contribution in [3.8, 4) is 0 Å². The molecule has 0 fully saturated rings. The molecule has 1 radical (unpaired) electrons. The van der Waals surface area contributed by atoms with E-state index >= 15 is 0 Å². The highest BCUT2D eigenvalue weighted by Crippen LogP contribution is 2.04. The maximum absolute atomic E-state index is 8.53. The molecule has 0 aliphatic heterocycles.